The minimum absolute atomic E-state index is 0.747. The molecule has 1 saturated carbocycles. The van der Waals surface area contributed by atoms with Crippen molar-refractivity contribution in [3.8, 4) is 0 Å². The summed E-state index contributed by atoms with van der Waals surface area (Å²) in [4.78, 5) is 0. The third-order valence-electron chi connectivity index (χ3n) is 3.99. The first-order chi connectivity index (χ1) is 7.45. The van der Waals surface area contributed by atoms with Crippen molar-refractivity contribution in [3.63, 3.8) is 0 Å². The molecule has 0 amide bonds. The maximum Gasteiger partial charge on any atom is 0.00511 e. The molecule has 0 heterocycles. The topological polar surface area (TPSA) is 0 Å². The normalized spacial score (nSPS) is 33.6. The summed E-state index contributed by atoms with van der Waals surface area (Å²) in [5.41, 5.74) is 3.29. The lowest BCUT2D eigenvalue weighted by Crippen LogP contribution is -2.03. The Labute approximate surface area is 92.1 Å². The van der Waals surface area contributed by atoms with E-state index in [0.29, 0.717) is 0 Å². The molecule has 3 aliphatic carbocycles. The van der Waals surface area contributed by atoms with Gasteiger partial charge in [-0.25, -0.2) is 0 Å². The molecule has 0 aromatic heterocycles. The van der Waals surface area contributed by atoms with Crippen LogP contribution in [-0.4, -0.2) is 0 Å². The van der Waals surface area contributed by atoms with E-state index < -0.39 is 0 Å². The van der Waals surface area contributed by atoms with Gasteiger partial charge in [0.25, 0.3) is 0 Å². The van der Waals surface area contributed by atoms with Crippen LogP contribution < -0.4 is 0 Å². The Morgan fingerprint density at radius 2 is 2.07 bits per heavy atom. The molecular weight excluding hydrogens is 180 g/mol. The second kappa shape index (κ2) is 3.84. The van der Waals surface area contributed by atoms with Crippen LogP contribution in [0.3, 0.4) is 0 Å². The average molecular weight is 198 g/mol. The number of rotatable bonds is 1. The van der Waals surface area contributed by atoms with Crippen LogP contribution in [0.4, 0.5) is 0 Å². The molecule has 3 rings (SSSR count). The van der Waals surface area contributed by atoms with E-state index in [4.69, 9.17) is 0 Å². The zero-order chi connectivity index (χ0) is 10.1. The van der Waals surface area contributed by atoms with E-state index in [9.17, 15) is 0 Å². The molecule has 0 nitrogen and oxygen atoms in total. The van der Waals surface area contributed by atoms with Gasteiger partial charge < -0.3 is 0 Å². The maximum absolute atomic E-state index is 2.41. The summed E-state index contributed by atoms with van der Waals surface area (Å²) in [6, 6.07) is 0. The molecule has 78 valence electrons. The van der Waals surface area contributed by atoms with E-state index in [-0.39, 0.29) is 0 Å². The van der Waals surface area contributed by atoms with Crippen molar-refractivity contribution in [1.29, 1.82) is 0 Å². The highest BCUT2D eigenvalue weighted by Crippen LogP contribution is 2.44. The Hall–Kier alpha value is -1.04. The minimum Gasteiger partial charge on any atom is -0.0845 e. The summed E-state index contributed by atoms with van der Waals surface area (Å²) in [7, 11) is 0. The molecule has 2 unspecified atom stereocenters. The van der Waals surface area contributed by atoms with Crippen LogP contribution >= 0.6 is 0 Å². The van der Waals surface area contributed by atoms with Gasteiger partial charge in [0.05, 0.1) is 0 Å². The molecule has 15 heavy (non-hydrogen) atoms. The fraction of sp³-hybridized carbons (Fsp3) is 0.467. The van der Waals surface area contributed by atoms with Gasteiger partial charge in [-0.05, 0) is 43.6 Å². The average Bonchev–Trinajstić information content (AvgIpc) is 2.83. The van der Waals surface area contributed by atoms with Crippen LogP contribution in [-0.2, 0) is 0 Å². The van der Waals surface area contributed by atoms with Gasteiger partial charge in [0, 0.05) is 5.92 Å². The van der Waals surface area contributed by atoms with Crippen molar-refractivity contribution in [2.45, 2.75) is 32.1 Å². The highest BCUT2D eigenvalue weighted by atomic mass is 14.4. The molecular formula is C15H18. The predicted octanol–water partition coefficient (Wildman–Crippen LogP) is 4.18. The minimum atomic E-state index is 0.747. The highest BCUT2D eigenvalue weighted by molar-refractivity contribution is 5.38. The number of hydrogen-bond acceptors (Lipinski definition) is 0. The molecule has 1 fully saturated rings. The van der Waals surface area contributed by atoms with E-state index in [1.54, 1.807) is 11.1 Å². The lowest BCUT2D eigenvalue weighted by atomic mass is 9.89. The molecule has 0 N–H and O–H groups in total. The largest absolute Gasteiger partial charge is 0.0845 e. The van der Waals surface area contributed by atoms with Crippen molar-refractivity contribution < 1.29 is 0 Å². The zero-order valence-corrected chi connectivity index (χ0v) is 9.15. The molecule has 0 aromatic rings. The van der Waals surface area contributed by atoms with Crippen molar-refractivity contribution >= 4 is 0 Å². The van der Waals surface area contributed by atoms with Crippen molar-refractivity contribution in [2.75, 3.05) is 0 Å². The molecule has 2 atom stereocenters. The lowest BCUT2D eigenvalue weighted by Gasteiger charge is -2.15. The van der Waals surface area contributed by atoms with Gasteiger partial charge in [0.15, 0.2) is 0 Å². The fourth-order valence-corrected chi connectivity index (χ4v) is 3.22. The zero-order valence-electron chi connectivity index (χ0n) is 9.15. The van der Waals surface area contributed by atoms with E-state index in [0.717, 1.165) is 18.3 Å². The summed E-state index contributed by atoms with van der Waals surface area (Å²) in [6.45, 7) is 0. The van der Waals surface area contributed by atoms with Gasteiger partial charge in [-0.3, -0.25) is 0 Å². The molecule has 0 radical (unpaired) electrons. The number of fused-ring (bicyclic) bond motifs is 1. The first-order valence-electron chi connectivity index (χ1n) is 6.18. The van der Waals surface area contributed by atoms with Gasteiger partial charge in [-0.2, -0.15) is 0 Å². The van der Waals surface area contributed by atoms with E-state index in [1.807, 2.05) is 0 Å². The third-order valence-corrected chi connectivity index (χ3v) is 3.99. The van der Waals surface area contributed by atoms with E-state index in [2.05, 4.69) is 36.5 Å². The predicted molar refractivity (Wildman–Crippen MR) is 64.5 cm³/mol. The molecule has 0 aliphatic heterocycles. The van der Waals surface area contributed by atoms with Crippen LogP contribution in [0.5, 0.6) is 0 Å². The monoisotopic (exact) mass is 198 g/mol. The molecule has 3 aliphatic rings. The number of hydrogen-bond donors (Lipinski definition) is 0. The Bertz CT molecular complexity index is 365. The summed E-state index contributed by atoms with van der Waals surface area (Å²) < 4.78 is 0. The standard InChI is InChI=1S/C15H18/c1-2-6-13-10-11-15(14(13)9-3-1)12-7-4-5-8-12/h1,3-4,7-9,13,15H,2,5-6,10-11H2. The van der Waals surface area contributed by atoms with Crippen LogP contribution in [0.1, 0.15) is 32.1 Å². The molecule has 0 bridgehead atoms. The van der Waals surface area contributed by atoms with Gasteiger partial charge in [-0.15, -0.1) is 0 Å². The fourth-order valence-electron chi connectivity index (χ4n) is 3.22. The lowest BCUT2D eigenvalue weighted by molar-refractivity contribution is 0.582. The van der Waals surface area contributed by atoms with E-state index in [1.165, 1.54) is 25.7 Å². The highest BCUT2D eigenvalue weighted by Gasteiger charge is 2.31. The second-order valence-corrected chi connectivity index (χ2v) is 4.84. The Morgan fingerprint density at radius 3 is 2.93 bits per heavy atom. The van der Waals surface area contributed by atoms with Gasteiger partial charge in [0.1, 0.15) is 0 Å². The summed E-state index contributed by atoms with van der Waals surface area (Å²) >= 11 is 0. The summed E-state index contributed by atoms with van der Waals surface area (Å²) in [6.07, 6.45) is 20.6. The molecule has 0 heteroatoms. The van der Waals surface area contributed by atoms with Crippen LogP contribution in [0.2, 0.25) is 0 Å². The summed E-state index contributed by atoms with van der Waals surface area (Å²) in [5.74, 6) is 1.62. The maximum atomic E-state index is 2.41. The molecule has 0 spiro atoms. The molecule has 0 aromatic carbocycles. The SMILES string of the molecule is C1=CCCC2CCC(C3=CCC=C3)C2=C1. The first kappa shape index (κ1) is 9.21. The van der Waals surface area contributed by atoms with Crippen molar-refractivity contribution in [3.05, 3.63) is 47.6 Å². The van der Waals surface area contributed by atoms with Crippen LogP contribution in [0.25, 0.3) is 0 Å². The van der Waals surface area contributed by atoms with Gasteiger partial charge in [-0.1, -0.05) is 42.0 Å². The Morgan fingerprint density at radius 1 is 1.07 bits per heavy atom. The van der Waals surface area contributed by atoms with Gasteiger partial charge >= 0.3 is 0 Å². The van der Waals surface area contributed by atoms with Crippen molar-refractivity contribution in [1.82, 2.24) is 0 Å². The first-order valence-corrected chi connectivity index (χ1v) is 6.18. The van der Waals surface area contributed by atoms with Crippen molar-refractivity contribution in [2.24, 2.45) is 11.8 Å². The van der Waals surface area contributed by atoms with Crippen LogP contribution in [0.15, 0.2) is 47.6 Å². The summed E-state index contributed by atoms with van der Waals surface area (Å²) in [5, 5.41) is 0. The third kappa shape index (κ3) is 1.62. The molecule has 0 saturated heterocycles. The second-order valence-electron chi connectivity index (χ2n) is 4.84. The Kier molecular flexibility index (Phi) is 2.36. The van der Waals surface area contributed by atoms with Gasteiger partial charge in [0.2, 0.25) is 0 Å². The van der Waals surface area contributed by atoms with E-state index >= 15 is 0 Å². The smallest absolute Gasteiger partial charge is 0.00511 e. The number of allylic oxidation sites excluding steroid dienone is 8. The van der Waals surface area contributed by atoms with Crippen LogP contribution in [0, 0.1) is 11.8 Å². The quantitative estimate of drug-likeness (QED) is 0.593. The Balaban J connectivity index is 1.89.